The van der Waals surface area contributed by atoms with Crippen molar-refractivity contribution < 1.29 is 14.3 Å². The minimum Gasteiger partial charge on any atom is -0.497 e. The number of thioether (sulfide) groups is 1. The van der Waals surface area contributed by atoms with Crippen molar-refractivity contribution in [2.45, 2.75) is 11.7 Å². The highest BCUT2D eigenvalue weighted by Crippen LogP contribution is 2.26. The van der Waals surface area contributed by atoms with E-state index in [2.05, 4.69) is 20.8 Å². The zero-order valence-electron chi connectivity index (χ0n) is 16.7. The minimum atomic E-state index is -0.551. The van der Waals surface area contributed by atoms with Crippen LogP contribution in [0.15, 0.2) is 76.9 Å². The van der Waals surface area contributed by atoms with Crippen molar-refractivity contribution in [1.29, 1.82) is 0 Å². The molecule has 0 aromatic heterocycles. The number of carbonyl (C=O) groups is 2. The first-order chi connectivity index (χ1) is 15.1. The summed E-state index contributed by atoms with van der Waals surface area (Å²) in [5, 5.41) is 15.5. The van der Waals surface area contributed by atoms with Crippen LogP contribution in [0.3, 0.4) is 0 Å². The van der Waals surface area contributed by atoms with Gasteiger partial charge in [-0.15, -0.1) is 5.10 Å². The third-order valence-electron chi connectivity index (χ3n) is 4.68. The van der Waals surface area contributed by atoms with E-state index in [-0.39, 0.29) is 18.2 Å². The number of amides is 2. The lowest BCUT2D eigenvalue weighted by atomic mass is 10.1. The van der Waals surface area contributed by atoms with E-state index in [0.717, 1.165) is 27.8 Å². The molecule has 156 valence electrons. The summed E-state index contributed by atoms with van der Waals surface area (Å²) in [6, 6.07) is 20.9. The summed E-state index contributed by atoms with van der Waals surface area (Å²) in [5.74, 6) is 0.273. The molecule has 1 saturated heterocycles. The Bertz CT molecular complexity index is 1170. The van der Waals surface area contributed by atoms with Crippen LogP contribution in [0.5, 0.6) is 5.75 Å². The average molecular weight is 433 g/mol. The van der Waals surface area contributed by atoms with E-state index in [4.69, 9.17) is 4.74 Å². The second-order valence-electron chi connectivity index (χ2n) is 6.80. The maximum Gasteiger partial charge on any atom is 0.240 e. The van der Waals surface area contributed by atoms with Crippen molar-refractivity contribution in [3.05, 3.63) is 72.3 Å². The Morgan fingerprint density at radius 1 is 1.13 bits per heavy atom. The molecule has 0 bridgehead atoms. The molecule has 1 heterocycles. The fourth-order valence-electron chi connectivity index (χ4n) is 3.13. The monoisotopic (exact) mass is 432 g/mol. The van der Waals surface area contributed by atoms with Crippen LogP contribution >= 0.6 is 11.8 Å². The quantitative estimate of drug-likeness (QED) is 0.458. The number of anilines is 1. The molecule has 0 saturated carbocycles. The van der Waals surface area contributed by atoms with Gasteiger partial charge in [0.1, 0.15) is 11.0 Å². The van der Waals surface area contributed by atoms with Crippen molar-refractivity contribution in [2.24, 2.45) is 10.2 Å². The summed E-state index contributed by atoms with van der Waals surface area (Å²) in [4.78, 5) is 24.8. The van der Waals surface area contributed by atoms with Gasteiger partial charge in [-0.1, -0.05) is 48.2 Å². The lowest BCUT2D eigenvalue weighted by molar-refractivity contribution is -0.122. The highest BCUT2D eigenvalue weighted by molar-refractivity contribution is 8.15. The van der Waals surface area contributed by atoms with Crippen LogP contribution in [0.2, 0.25) is 0 Å². The first-order valence-corrected chi connectivity index (χ1v) is 10.5. The van der Waals surface area contributed by atoms with Gasteiger partial charge in [0.25, 0.3) is 0 Å². The second-order valence-corrected chi connectivity index (χ2v) is 7.99. The number of hydrogen-bond acceptors (Lipinski definition) is 6. The number of amidine groups is 1. The molecule has 1 unspecified atom stereocenters. The zero-order chi connectivity index (χ0) is 21.6. The molecule has 1 fully saturated rings. The van der Waals surface area contributed by atoms with Gasteiger partial charge < -0.3 is 15.4 Å². The number of benzene rings is 3. The fraction of sp³-hybridized carbons (Fsp3) is 0.130. The van der Waals surface area contributed by atoms with E-state index in [0.29, 0.717) is 5.17 Å². The third kappa shape index (κ3) is 5.10. The molecule has 0 radical (unpaired) electrons. The van der Waals surface area contributed by atoms with Gasteiger partial charge in [-0.25, -0.2) is 0 Å². The number of nitrogens with one attached hydrogen (secondary N) is 2. The molecule has 31 heavy (non-hydrogen) atoms. The molecular formula is C23H20N4O3S. The van der Waals surface area contributed by atoms with Gasteiger partial charge in [0.15, 0.2) is 5.17 Å². The standard InChI is InChI=1S/C23H20N4O3S/c1-30-17-11-9-15(10-12-17)14-24-27-23-26-22(29)20(31-23)13-21(28)25-19-8-4-6-16-5-2-3-7-18(16)19/h2-12,14,20H,13H2,1H3,(H,25,28)(H,26,27,29)/b24-14+. The van der Waals surface area contributed by atoms with E-state index in [1.54, 1.807) is 13.3 Å². The van der Waals surface area contributed by atoms with Crippen molar-refractivity contribution in [3.63, 3.8) is 0 Å². The zero-order valence-corrected chi connectivity index (χ0v) is 17.6. The fourth-order valence-corrected chi connectivity index (χ4v) is 4.05. The molecule has 2 N–H and O–H groups in total. The number of hydrogen-bond donors (Lipinski definition) is 2. The van der Waals surface area contributed by atoms with Crippen molar-refractivity contribution in [2.75, 3.05) is 12.4 Å². The molecule has 4 rings (SSSR count). The van der Waals surface area contributed by atoms with Crippen LogP contribution in [-0.2, 0) is 9.59 Å². The topological polar surface area (TPSA) is 92.2 Å². The number of carbonyl (C=O) groups excluding carboxylic acids is 2. The van der Waals surface area contributed by atoms with Gasteiger partial charge >= 0.3 is 0 Å². The summed E-state index contributed by atoms with van der Waals surface area (Å²) in [6.45, 7) is 0. The first-order valence-electron chi connectivity index (χ1n) is 9.62. The lowest BCUT2D eigenvalue weighted by Crippen LogP contribution is -2.28. The summed E-state index contributed by atoms with van der Waals surface area (Å²) < 4.78 is 5.11. The van der Waals surface area contributed by atoms with E-state index in [9.17, 15) is 9.59 Å². The van der Waals surface area contributed by atoms with Crippen LogP contribution in [0.1, 0.15) is 12.0 Å². The van der Waals surface area contributed by atoms with Gasteiger partial charge in [0.2, 0.25) is 11.8 Å². The predicted octanol–water partition coefficient (Wildman–Crippen LogP) is 3.80. The Morgan fingerprint density at radius 2 is 1.90 bits per heavy atom. The number of methoxy groups -OCH3 is 1. The molecule has 7 nitrogen and oxygen atoms in total. The minimum absolute atomic E-state index is 0.0426. The number of fused-ring (bicyclic) bond motifs is 1. The summed E-state index contributed by atoms with van der Waals surface area (Å²) >= 11 is 1.20. The van der Waals surface area contributed by atoms with E-state index in [1.807, 2.05) is 66.7 Å². The van der Waals surface area contributed by atoms with Gasteiger partial charge in [0, 0.05) is 17.5 Å². The van der Waals surface area contributed by atoms with Gasteiger partial charge in [0.05, 0.1) is 13.3 Å². The molecule has 3 aromatic rings. The van der Waals surface area contributed by atoms with Crippen LogP contribution in [0.4, 0.5) is 5.69 Å². The summed E-state index contributed by atoms with van der Waals surface area (Å²) in [6.07, 6.45) is 1.63. The van der Waals surface area contributed by atoms with E-state index in [1.165, 1.54) is 11.8 Å². The molecular weight excluding hydrogens is 412 g/mol. The van der Waals surface area contributed by atoms with Crippen LogP contribution in [0.25, 0.3) is 10.8 Å². The summed E-state index contributed by atoms with van der Waals surface area (Å²) in [5.41, 5.74) is 1.58. The highest BCUT2D eigenvalue weighted by Gasteiger charge is 2.32. The predicted molar refractivity (Wildman–Crippen MR) is 125 cm³/mol. The SMILES string of the molecule is COc1ccc(/C=N/N=C2\NC(=O)C(CC(=O)Nc3cccc4ccccc34)S2)cc1. The maximum absolute atomic E-state index is 12.5. The maximum atomic E-state index is 12.5. The number of ether oxygens (including phenoxy) is 1. The largest absolute Gasteiger partial charge is 0.497 e. The van der Waals surface area contributed by atoms with Gasteiger partial charge in [-0.05, 0) is 41.3 Å². The third-order valence-corrected chi connectivity index (χ3v) is 5.75. The first kappa shape index (κ1) is 20.6. The van der Waals surface area contributed by atoms with Crippen LogP contribution in [-0.4, -0.2) is 35.6 Å². The lowest BCUT2D eigenvalue weighted by Gasteiger charge is -2.10. The smallest absolute Gasteiger partial charge is 0.240 e. The second kappa shape index (κ2) is 9.44. The molecule has 1 aliphatic heterocycles. The Balaban J connectivity index is 1.36. The number of rotatable bonds is 6. The normalized spacial score (nSPS) is 17.3. The molecule has 1 atom stereocenters. The summed E-state index contributed by atoms with van der Waals surface area (Å²) in [7, 11) is 1.60. The van der Waals surface area contributed by atoms with E-state index >= 15 is 0 Å². The Kier molecular flexibility index (Phi) is 6.28. The highest BCUT2D eigenvalue weighted by atomic mass is 32.2. The van der Waals surface area contributed by atoms with Crippen molar-refractivity contribution in [1.82, 2.24) is 5.32 Å². The van der Waals surface area contributed by atoms with E-state index < -0.39 is 5.25 Å². The molecule has 8 heteroatoms. The number of nitrogens with zero attached hydrogens (tertiary/aromatic N) is 2. The Hall–Kier alpha value is -3.65. The van der Waals surface area contributed by atoms with Crippen LogP contribution < -0.4 is 15.4 Å². The molecule has 0 aliphatic carbocycles. The molecule has 3 aromatic carbocycles. The molecule has 2 amide bonds. The van der Waals surface area contributed by atoms with Crippen molar-refractivity contribution >= 4 is 51.4 Å². The van der Waals surface area contributed by atoms with Gasteiger partial charge in [-0.3, -0.25) is 9.59 Å². The molecule has 1 aliphatic rings. The molecule has 0 spiro atoms. The average Bonchev–Trinajstić information content (AvgIpc) is 3.13. The van der Waals surface area contributed by atoms with Gasteiger partial charge in [-0.2, -0.15) is 5.10 Å². The van der Waals surface area contributed by atoms with Crippen molar-refractivity contribution in [3.8, 4) is 5.75 Å². The van der Waals surface area contributed by atoms with Crippen LogP contribution in [0, 0.1) is 0 Å². The Labute approximate surface area is 183 Å². The Morgan fingerprint density at radius 3 is 2.71 bits per heavy atom.